The molecule has 2 heterocycles. The van der Waals surface area contributed by atoms with Gasteiger partial charge in [0.15, 0.2) is 0 Å². The number of benzene rings is 2. The summed E-state index contributed by atoms with van der Waals surface area (Å²) in [5, 5.41) is 11.6. The Balaban J connectivity index is 1.41. The smallest absolute Gasteiger partial charge is 0.253 e. The summed E-state index contributed by atoms with van der Waals surface area (Å²) in [6.07, 6.45) is 0.801. The Kier molecular flexibility index (Phi) is 6.62. The highest BCUT2D eigenvalue weighted by Gasteiger charge is 2.29. The molecule has 0 spiro atoms. The minimum atomic E-state index is -3.79. The molecule has 0 unspecified atom stereocenters. The lowest BCUT2D eigenvalue weighted by Crippen LogP contribution is -2.49. The van der Waals surface area contributed by atoms with E-state index in [1.54, 1.807) is 17.0 Å². The van der Waals surface area contributed by atoms with E-state index in [4.69, 9.17) is 5.26 Å². The maximum atomic E-state index is 13.0. The van der Waals surface area contributed by atoms with Crippen LogP contribution in [-0.2, 0) is 14.8 Å². The third-order valence-electron chi connectivity index (χ3n) is 5.89. The lowest BCUT2D eigenvalue weighted by Gasteiger charge is -2.26. The molecule has 2 saturated heterocycles. The normalized spacial score (nSPS) is 17.7. The summed E-state index contributed by atoms with van der Waals surface area (Å²) in [4.78, 5) is 28.6. The molecule has 0 radical (unpaired) electrons. The standard InChI is InChI=1S/C23H25N5O4S/c24-16-18-2-6-20(7-3-18)26-11-1-12-27(15-14-26)23(30)19-4-8-21(9-5-19)33(31,32)28-13-10-25-22(29)17-28/h2-9H,1,10-15,17H2,(H,25,29). The second kappa shape index (κ2) is 9.60. The van der Waals surface area contributed by atoms with Crippen LogP contribution in [0, 0.1) is 11.3 Å². The topological polar surface area (TPSA) is 114 Å². The molecule has 2 aromatic carbocycles. The van der Waals surface area contributed by atoms with Crippen molar-refractivity contribution in [3.63, 3.8) is 0 Å². The number of hydrogen-bond acceptors (Lipinski definition) is 6. The lowest BCUT2D eigenvalue weighted by atomic mass is 10.2. The Bertz CT molecular complexity index is 1170. The van der Waals surface area contributed by atoms with Gasteiger partial charge in [-0.15, -0.1) is 0 Å². The molecule has 2 amide bonds. The van der Waals surface area contributed by atoms with Gasteiger partial charge in [0.05, 0.1) is 23.1 Å². The molecule has 0 atom stereocenters. The average molecular weight is 468 g/mol. The molecule has 4 rings (SSSR count). The number of amides is 2. The van der Waals surface area contributed by atoms with E-state index in [1.165, 1.54) is 24.3 Å². The fourth-order valence-electron chi connectivity index (χ4n) is 4.05. The first-order valence-electron chi connectivity index (χ1n) is 10.8. The molecule has 172 valence electrons. The SMILES string of the molecule is N#Cc1ccc(N2CCCN(C(=O)c3ccc(S(=O)(=O)N4CCNC(=O)C4)cc3)CC2)cc1. The van der Waals surface area contributed by atoms with Crippen LogP contribution in [0.15, 0.2) is 53.4 Å². The molecule has 2 aliphatic heterocycles. The fraction of sp³-hybridized carbons (Fsp3) is 0.348. The summed E-state index contributed by atoms with van der Waals surface area (Å²) in [6.45, 7) is 2.92. The highest BCUT2D eigenvalue weighted by atomic mass is 32.2. The third kappa shape index (κ3) is 4.99. The van der Waals surface area contributed by atoms with Crippen molar-refractivity contribution in [2.75, 3.05) is 50.7 Å². The molecule has 9 nitrogen and oxygen atoms in total. The zero-order chi connectivity index (χ0) is 23.4. The summed E-state index contributed by atoms with van der Waals surface area (Å²) < 4.78 is 26.7. The first-order valence-corrected chi connectivity index (χ1v) is 12.2. The highest BCUT2D eigenvalue weighted by Crippen LogP contribution is 2.20. The zero-order valence-electron chi connectivity index (χ0n) is 18.1. The van der Waals surface area contributed by atoms with Gasteiger partial charge >= 0.3 is 0 Å². The van der Waals surface area contributed by atoms with Gasteiger partial charge in [-0.3, -0.25) is 9.59 Å². The predicted octanol–water partition coefficient (Wildman–Crippen LogP) is 1.03. The van der Waals surface area contributed by atoms with Crippen molar-refractivity contribution in [2.24, 2.45) is 0 Å². The molecule has 2 aliphatic rings. The number of nitriles is 1. The monoisotopic (exact) mass is 467 g/mol. The van der Waals surface area contributed by atoms with Crippen molar-refractivity contribution in [1.29, 1.82) is 5.26 Å². The average Bonchev–Trinajstić information content (AvgIpc) is 3.10. The Labute approximate surface area is 193 Å². The van der Waals surface area contributed by atoms with Crippen LogP contribution in [0.3, 0.4) is 0 Å². The van der Waals surface area contributed by atoms with E-state index >= 15 is 0 Å². The summed E-state index contributed by atoms with van der Waals surface area (Å²) in [5.41, 5.74) is 2.06. The Morgan fingerprint density at radius 1 is 0.939 bits per heavy atom. The van der Waals surface area contributed by atoms with Crippen molar-refractivity contribution in [3.8, 4) is 6.07 Å². The van der Waals surface area contributed by atoms with Gasteiger partial charge in [-0.1, -0.05) is 0 Å². The molecule has 2 fully saturated rings. The van der Waals surface area contributed by atoms with Crippen LogP contribution in [0.4, 0.5) is 5.69 Å². The van der Waals surface area contributed by atoms with E-state index in [2.05, 4.69) is 16.3 Å². The molecular formula is C23H25N5O4S. The van der Waals surface area contributed by atoms with Crippen LogP contribution in [0.1, 0.15) is 22.3 Å². The Morgan fingerprint density at radius 3 is 2.33 bits per heavy atom. The van der Waals surface area contributed by atoms with Gasteiger partial charge in [-0.05, 0) is 55.0 Å². The van der Waals surface area contributed by atoms with Crippen LogP contribution >= 0.6 is 0 Å². The van der Waals surface area contributed by atoms with Gasteiger partial charge in [-0.25, -0.2) is 8.42 Å². The van der Waals surface area contributed by atoms with Crippen LogP contribution < -0.4 is 10.2 Å². The van der Waals surface area contributed by atoms with E-state index in [0.717, 1.165) is 23.0 Å². The number of nitrogens with one attached hydrogen (secondary N) is 1. The van der Waals surface area contributed by atoms with E-state index < -0.39 is 10.0 Å². The number of anilines is 1. The Morgan fingerprint density at radius 2 is 1.67 bits per heavy atom. The van der Waals surface area contributed by atoms with Crippen LogP contribution in [0.2, 0.25) is 0 Å². The van der Waals surface area contributed by atoms with Crippen molar-refractivity contribution in [1.82, 2.24) is 14.5 Å². The molecule has 0 aliphatic carbocycles. The first-order chi connectivity index (χ1) is 15.9. The van der Waals surface area contributed by atoms with Crippen LogP contribution in [0.25, 0.3) is 0 Å². The maximum absolute atomic E-state index is 13.0. The molecule has 2 aromatic rings. The molecule has 33 heavy (non-hydrogen) atoms. The summed E-state index contributed by atoms with van der Waals surface area (Å²) in [6, 6.07) is 15.4. The number of nitrogens with zero attached hydrogens (tertiary/aromatic N) is 4. The summed E-state index contributed by atoms with van der Waals surface area (Å²) >= 11 is 0. The number of carbonyl (C=O) groups excluding carboxylic acids is 2. The predicted molar refractivity (Wildman–Crippen MR) is 122 cm³/mol. The highest BCUT2D eigenvalue weighted by molar-refractivity contribution is 7.89. The summed E-state index contributed by atoms with van der Waals surface area (Å²) in [7, 11) is -3.79. The minimum Gasteiger partial charge on any atom is -0.370 e. The summed E-state index contributed by atoms with van der Waals surface area (Å²) in [5.74, 6) is -0.467. The van der Waals surface area contributed by atoms with Gasteiger partial charge in [0, 0.05) is 50.5 Å². The van der Waals surface area contributed by atoms with Gasteiger partial charge in [0.1, 0.15) is 0 Å². The van der Waals surface area contributed by atoms with Gasteiger partial charge in [-0.2, -0.15) is 9.57 Å². The second-order valence-electron chi connectivity index (χ2n) is 8.00. The van der Waals surface area contributed by atoms with E-state index in [1.807, 2.05) is 12.1 Å². The number of piperazine rings is 1. The first kappa shape index (κ1) is 22.8. The largest absolute Gasteiger partial charge is 0.370 e. The number of carbonyl (C=O) groups is 2. The number of hydrogen-bond donors (Lipinski definition) is 1. The van der Waals surface area contributed by atoms with Gasteiger partial charge in [0.25, 0.3) is 5.91 Å². The van der Waals surface area contributed by atoms with Gasteiger partial charge < -0.3 is 15.1 Å². The van der Waals surface area contributed by atoms with Crippen LogP contribution in [-0.4, -0.2) is 75.3 Å². The number of sulfonamides is 1. The molecular weight excluding hydrogens is 442 g/mol. The molecule has 1 N–H and O–H groups in total. The quantitative estimate of drug-likeness (QED) is 0.719. The fourth-order valence-corrected chi connectivity index (χ4v) is 5.44. The molecule has 10 heteroatoms. The van der Waals surface area contributed by atoms with E-state index in [-0.39, 0.29) is 36.3 Å². The molecule has 0 saturated carbocycles. The van der Waals surface area contributed by atoms with E-state index in [9.17, 15) is 18.0 Å². The number of rotatable bonds is 4. The molecule has 0 aromatic heterocycles. The van der Waals surface area contributed by atoms with Crippen molar-refractivity contribution >= 4 is 27.5 Å². The zero-order valence-corrected chi connectivity index (χ0v) is 18.9. The van der Waals surface area contributed by atoms with Crippen molar-refractivity contribution in [3.05, 3.63) is 59.7 Å². The van der Waals surface area contributed by atoms with Gasteiger partial charge in [0.2, 0.25) is 15.9 Å². The molecule has 0 bridgehead atoms. The minimum absolute atomic E-state index is 0.0663. The lowest BCUT2D eigenvalue weighted by molar-refractivity contribution is -0.122. The van der Waals surface area contributed by atoms with Crippen molar-refractivity contribution < 1.29 is 18.0 Å². The Hall–Kier alpha value is -3.42. The third-order valence-corrected chi connectivity index (χ3v) is 7.75. The van der Waals surface area contributed by atoms with E-state index in [0.29, 0.717) is 30.8 Å². The van der Waals surface area contributed by atoms with Crippen molar-refractivity contribution in [2.45, 2.75) is 11.3 Å². The second-order valence-corrected chi connectivity index (χ2v) is 9.94. The van der Waals surface area contributed by atoms with Crippen LogP contribution in [0.5, 0.6) is 0 Å². The maximum Gasteiger partial charge on any atom is 0.253 e.